The lowest BCUT2D eigenvalue weighted by Crippen LogP contribution is -2.42. The summed E-state index contributed by atoms with van der Waals surface area (Å²) < 4.78 is 43.5. The fraction of sp³-hybridized carbons (Fsp3) is 0.111. The maximum absolute atomic E-state index is 15.2. The van der Waals surface area contributed by atoms with Gasteiger partial charge < -0.3 is 0 Å². The minimum absolute atomic E-state index is 0.146. The van der Waals surface area contributed by atoms with Gasteiger partial charge in [-0.2, -0.15) is 13.9 Å². The van der Waals surface area contributed by atoms with Crippen LogP contribution >= 0.6 is 0 Å². The third-order valence-corrected chi connectivity index (χ3v) is 4.06. The highest BCUT2D eigenvalue weighted by Crippen LogP contribution is 2.40. The summed E-state index contributed by atoms with van der Waals surface area (Å²) in [5, 5.41) is 6.57. The predicted octanol–water partition coefficient (Wildman–Crippen LogP) is 4.39. The summed E-state index contributed by atoms with van der Waals surface area (Å²) in [6.45, 7) is 0.146. The van der Waals surface area contributed by atoms with Crippen molar-refractivity contribution >= 4 is 17.3 Å². The molecule has 1 aromatic heterocycles. The van der Waals surface area contributed by atoms with Gasteiger partial charge in [-0.15, -0.1) is 0 Å². The lowest BCUT2D eigenvalue weighted by atomic mass is 10.0. The summed E-state index contributed by atoms with van der Waals surface area (Å²) in [6, 6.07) is 13.0. The van der Waals surface area contributed by atoms with Gasteiger partial charge in [0.1, 0.15) is 11.6 Å². The summed E-state index contributed by atoms with van der Waals surface area (Å²) in [7, 11) is 0. The molecule has 0 bridgehead atoms. The highest BCUT2D eigenvalue weighted by molar-refractivity contribution is 6.09. The molecule has 0 amide bonds. The number of halogens is 3. The number of hydrogen-bond donors (Lipinski definition) is 1. The van der Waals surface area contributed by atoms with Gasteiger partial charge in [-0.25, -0.2) is 4.39 Å². The van der Waals surface area contributed by atoms with Crippen LogP contribution in [0.1, 0.15) is 11.1 Å². The van der Waals surface area contributed by atoms with E-state index in [9.17, 15) is 4.39 Å². The molecular formula is C18H13F3N4. The largest absolute Gasteiger partial charge is 0.330 e. The fourth-order valence-corrected chi connectivity index (χ4v) is 2.85. The first-order valence-electron chi connectivity index (χ1n) is 7.63. The number of para-hydroxylation sites is 1. The van der Waals surface area contributed by atoms with Crippen molar-refractivity contribution in [1.29, 1.82) is 0 Å². The van der Waals surface area contributed by atoms with Crippen molar-refractivity contribution < 1.29 is 13.2 Å². The fourth-order valence-electron chi connectivity index (χ4n) is 2.85. The van der Waals surface area contributed by atoms with E-state index in [1.807, 2.05) is 12.1 Å². The molecule has 2 heterocycles. The van der Waals surface area contributed by atoms with Crippen molar-refractivity contribution in [1.82, 2.24) is 10.2 Å². The zero-order chi connectivity index (χ0) is 17.4. The van der Waals surface area contributed by atoms with Crippen LogP contribution in [0.15, 0.2) is 65.8 Å². The quantitative estimate of drug-likeness (QED) is 0.767. The number of nitrogens with one attached hydrogen (secondary N) is 1. The molecule has 0 saturated heterocycles. The molecule has 126 valence electrons. The number of benzene rings is 2. The maximum Gasteiger partial charge on any atom is 0.330 e. The Morgan fingerprint density at radius 1 is 1.00 bits per heavy atom. The van der Waals surface area contributed by atoms with E-state index < -0.39 is 17.6 Å². The number of H-pyrrole nitrogens is 1. The van der Waals surface area contributed by atoms with Crippen molar-refractivity contribution in [2.45, 2.75) is 12.5 Å². The van der Waals surface area contributed by atoms with E-state index >= 15 is 8.78 Å². The molecule has 0 aliphatic carbocycles. The van der Waals surface area contributed by atoms with Crippen LogP contribution in [0.3, 0.4) is 0 Å². The SMILES string of the molecule is Fc1ccc(C(F)(F)C2=NCc3ccccc3N2c2ccn[nH]2)cc1. The Hall–Kier alpha value is -3.09. The monoisotopic (exact) mass is 342 g/mol. The number of anilines is 2. The third kappa shape index (κ3) is 2.57. The van der Waals surface area contributed by atoms with E-state index in [2.05, 4.69) is 15.2 Å². The molecule has 1 aliphatic heterocycles. The number of aromatic nitrogens is 2. The first kappa shape index (κ1) is 15.4. The second-order valence-corrected chi connectivity index (χ2v) is 5.63. The van der Waals surface area contributed by atoms with Crippen molar-refractivity contribution in [2.75, 3.05) is 4.90 Å². The van der Waals surface area contributed by atoms with Crippen LogP contribution in [-0.2, 0) is 12.5 Å². The van der Waals surface area contributed by atoms with Gasteiger partial charge in [0, 0.05) is 11.6 Å². The van der Waals surface area contributed by atoms with E-state index in [0.717, 1.165) is 29.8 Å². The molecule has 7 heteroatoms. The Bertz CT molecular complexity index is 918. The third-order valence-electron chi connectivity index (χ3n) is 4.06. The molecule has 0 atom stereocenters. The first-order chi connectivity index (χ1) is 12.1. The molecule has 4 rings (SSSR count). The van der Waals surface area contributed by atoms with Crippen molar-refractivity contribution in [3.8, 4) is 0 Å². The van der Waals surface area contributed by atoms with Gasteiger partial charge in [-0.05, 0) is 35.9 Å². The Labute approximate surface area is 141 Å². The van der Waals surface area contributed by atoms with Gasteiger partial charge >= 0.3 is 5.92 Å². The van der Waals surface area contributed by atoms with E-state index in [4.69, 9.17) is 0 Å². The molecule has 3 aromatic rings. The Balaban J connectivity index is 1.85. The molecule has 0 spiro atoms. The molecule has 0 fully saturated rings. The second-order valence-electron chi connectivity index (χ2n) is 5.63. The average Bonchev–Trinajstić information content (AvgIpc) is 3.15. The summed E-state index contributed by atoms with van der Waals surface area (Å²) in [4.78, 5) is 5.49. The summed E-state index contributed by atoms with van der Waals surface area (Å²) in [6.07, 6.45) is 1.49. The number of amidine groups is 1. The minimum atomic E-state index is -3.40. The number of rotatable bonds is 3. The van der Waals surface area contributed by atoms with Crippen LogP contribution in [0.4, 0.5) is 24.7 Å². The summed E-state index contributed by atoms with van der Waals surface area (Å²) in [5.74, 6) is -4.01. The molecule has 0 radical (unpaired) electrons. The highest BCUT2D eigenvalue weighted by Gasteiger charge is 2.44. The molecule has 0 saturated carbocycles. The predicted molar refractivity (Wildman–Crippen MR) is 88.6 cm³/mol. The van der Waals surface area contributed by atoms with Crippen molar-refractivity contribution in [3.05, 3.63) is 77.7 Å². The molecule has 2 aromatic carbocycles. The lowest BCUT2D eigenvalue weighted by Gasteiger charge is -2.33. The normalized spacial score (nSPS) is 14.2. The summed E-state index contributed by atoms with van der Waals surface area (Å²) >= 11 is 0. The molecule has 1 aliphatic rings. The number of aliphatic imine (C=N–C) groups is 1. The van der Waals surface area contributed by atoms with Crippen molar-refractivity contribution in [2.24, 2.45) is 4.99 Å². The zero-order valence-corrected chi connectivity index (χ0v) is 13.0. The number of aromatic amines is 1. The standard InChI is InChI=1S/C18H13F3N4/c19-14-7-5-13(6-8-14)18(20,21)17-22-11-12-3-1-2-4-15(12)25(17)16-9-10-23-24-16/h1-10H,11H2,(H,23,24). The maximum atomic E-state index is 15.2. The van der Waals surface area contributed by atoms with Gasteiger partial charge in [0.25, 0.3) is 0 Å². The topological polar surface area (TPSA) is 44.3 Å². The van der Waals surface area contributed by atoms with Crippen LogP contribution in [0.2, 0.25) is 0 Å². The summed E-state index contributed by atoms with van der Waals surface area (Å²) in [5.41, 5.74) is 1.12. The number of hydrogen-bond acceptors (Lipinski definition) is 3. The Morgan fingerprint density at radius 3 is 2.48 bits per heavy atom. The lowest BCUT2D eigenvalue weighted by molar-refractivity contribution is 0.0737. The van der Waals surface area contributed by atoms with E-state index in [-0.39, 0.29) is 12.1 Å². The van der Waals surface area contributed by atoms with Gasteiger partial charge in [-0.3, -0.25) is 15.0 Å². The smallest absolute Gasteiger partial charge is 0.277 e. The van der Waals surface area contributed by atoms with Crippen LogP contribution in [0.25, 0.3) is 0 Å². The van der Waals surface area contributed by atoms with Gasteiger partial charge in [0.15, 0.2) is 5.84 Å². The first-order valence-corrected chi connectivity index (χ1v) is 7.63. The van der Waals surface area contributed by atoms with Crippen LogP contribution in [0, 0.1) is 5.82 Å². The number of fused-ring (bicyclic) bond motifs is 1. The molecule has 1 N–H and O–H groups in total. The Kier molecular flexibility index (Phi) is 3.56. The van der Waals surface area contributed by atoms with E-state index in [1.54, 1.807) is 18.2 Å². The zero-order valence-electron chi connectivity index (χ0n) is 13.0. The van der Waals surface area contributed by atoms with Gasteiger partial charge in [0.05, 0.1) is 18.4 Å². The van der Waals surface area contributed by atoms with Crippen LogP contribution in [-0.4, -0.2) is 16.0 Å². The van der Waals surface area contributed by atoms with Gasteiger partial charge in [-0.1, -0.05) is 18.2 Å². The highest BCUT2D eigenvalue weighted by atomic mass is 19.3. The van der Waals surface area contributed by atoms with Crippen LogP contribution in [0.5, 0.6) is 0 Å². The number of alkyl halides is 2. The average molecular weight is 342 g/mol. The molecule has 4 nitrogen and oxygen atoms in total. The molecule has 25 heavy (non-hydrogen) atoms. The van der Waals surface area contributed by atoms with Crippen molar-refractivity contribution in [3.63, 3.8) is 0 Å². The minimum Gasteiger partial charge on any atom is -0.277 e. The van der Waals surface area contributed by atoms with Crippen LogP contribution < -0.4 is 4.90 Å². The number of nitrogens with zero attached hydrogens (tertiary/aromatic N) is 3. The van der Waals surface area contributed by atoms with E-state index in [0.29, 0.717) is 11.5 Å². The molecule has 0 unspecified atom stereocenters. The van der Waals surface area contributed by atoms with E-state index in [1.165, 1.54) is 11.1 Å². The molecular weight excluding hydrogens is 329 g/mol. The Morgan fingerprint density at radius 2 is 1.76 bits per heavy atom. The van der Waals surface area contributed by atoms with Gasteiger partial charge in [0.2, 0.25) is 0 Å². The second kappa shape index (κ2) is 5.77.